The van der Waals surface area contributed by atoms with Gasteiger partial charge in [-0.05, 0) is 95.7 Å². The number of hydrogen-bond acceptors (Lipinski definition) is 4. The largest absolute Gasteiger partial charge is 0.416 e. The maximum Gasteiger partial charge on any atom is 0.416 e. The van der Waals surface area contributed by atoms with Gasteiger partial charge in [0.15, 0.2) is 0 Å². The molecule has 4 rings (SSSR count). The van der Waals surface area contributed by atoms with Crippen molar-refractivity contribution < 1.29 is 31.1 Å². The molecule has 0 aliphatic rings. The number of alkyl halides is 6. The van der Waals surface area contributed by atoms with Crippen molar-refractivity contribution in [3.05, 3.63) is 123 Å². The van der Waals surface area contributed by atoms with Gasteiger partial charge in [-0.3, -0.25) is 9.97 Å². The molecule has 0 aliphatic heterocycles. The molecule has 1 unspecified atom stereocenters. The standard InChI is InChI=1S/C17H18F3NO.C8H10BrN.C7H6F3N/c1-3-22-12(2)16-8-7-14(11-21-16)9-13-5-4-6-15(10-13)17(18,19)20;1-6(2)8-4-3-7(9)5-10-8;8-7(9,10)5-2-1-3-6(11)4-5/h4-8,10-12H,3,9H2,1-2H3;3-6H,1-2H3;1-4H,11H2. The van der Waals surface area contributed by atoms with Crippen LogP contribution in [-0.2, 0) is 23.5 Å². The molecule has 4 nitrogen and oxygen atoms in total. The van der Waals surface area contributed by atoms with Gasteiger partial charge in [0, 0.05) is 34.9 Å². The van der Waals surface area contributed by atoms with Gasteiger partial charge < -0.3 is 10.5 Å². The lowest BCUT2D eigenvalue weighted by molar-refractivity contribution is -0.138. The summed E-state index contributed by atoms with van der Waals surface area (Å²) in [7, 11) is 0. The molecule has 2 aromatic carbocycles. The Hall–Kier alpha value is -3.44. The maximum atomic E-state index is 12.7. The molecule has 0 saturated heterocycles. The number of anilines is 1. The van der Waals surface area contributed by atoms with Gasteiger partial charge in [-0.25, -0.2) is 0 Å². The van der Waals surface area contributed by atoms with E-state index in [-0.39, 0.29) is 11.8 Å². The van der Waals surface area contributed by atoms with Crippen molar-refractivity contribution in [2.45, 2.75) is 58.5 Å². The number of benzene rings is 2. The fourth-order valence-corrected chi connectivity index (χ4v) is 3.89. The summed E-state index contributed by atoms with van der Waals surface area (Å²) in [6, 6.07) is 17.7. The van der Waals surface area contributed by atoms with Crippen LogP contribution in [-0.4, -0.2) is 16.6 Å². The zero-order valence-electron chi connectivity index (χ0n) is 24.2. The van der Waals surface area contributed by atoms with Crippen LogP contribution >= 0.6 is 15.9 Å². The molecule has 232 valence electrons. The highest BCUT2D eigenvalue weighted by Gasteiger charge is 2.31. The lowest BCUT2D eigenvalue weighted by atomic mass is 10.0. The predicted molar refractivity (Wildman–Crippen MR) is 160 cm³/mol. The Morgan fingerprint density at radius 3 is 1.79 bits per heavy atom. The highest BCUT2D eigenvalue weighted by Crippen LogP contribution is 2.31. The van der Waals surface area contributed by atoms with Crippen molar-refractivity contribution in [2.75, 3.05) is 12.3 Å². The lowest BCUT2D eigenvalue weighted by Crippen LogP contribution is -2.05. The van der Waals surface area contributed by atoms with Crippen molar-refractivity contribution in [1.29, 1.82) is 0 Å². The van der Waals surface area contributed by atoms with Gasteiger partial charge in [-0.1, -0.05) is 44.2 Å². The molecule has 1 atom stereocenters. The van der Waals surface area contributed by atoms with Crippen molar-refractivity contribution in [3.8, 4) is 0 Å². The smallest absolute Gasteiger partial charge is 0.399 e. The third kappa shape index (κ3) is 12.8. The van der Waals surface area contributed by atoms with Crippen molar-refractivity contribution in [3.63, 3.8) is 0 Å². The number of rotatable bonds is 6. The van der Waals surface area contributed by atoms with Gasteiger partial charge in [-0.15, -0.1) is 0 Å². The third-order valence-electron chi connectivity index (χ3n) is 5.90. The minimum Gasteiger partial charge on any atom is -0.399 e. The minimum absolute atomic E-state index is 0.0902. The zero-order chi connectivity index (χ0) is 32.2. The predicted octanol–water partition coefficient (Wildman–Crippen LogP) is 10.0. The average molecular weight is 671 g/mol. The summed E-state index contributed by atoms with van der Waals surface area (Å²) in [5.74, 6) is 0.521. The van der Waals surface area contributed by atoms with Crippen LogP contribution in [0.25, 0.3) is 0 Å². The van der Waals surface area contributed by atoms with E-state index in [9.17, 15) is 26.3 Å². The van der Waals surface area contributed by atoms with Crippen LogP contribution in [0, 0.1) is 0 Å². The molecule has 2 N–H and O–H groups in total. The molecule has 0 radical (unpaired) electrons. The van der Waals surface area contributed by atoms with Gasteiger partial charge in [0.05, 0.1) is 22.9 Å². The summed E-state index contributed by atoms with van der Waals surface area (Å²) in [5.41, 5.74) is 7.38. The van der Waals surface area contributed by atoms with Gasteiger partial charge in [0.25, 0.3) is 0 Å². The Kier molecular flexibility index (Phi) is 13.7. The number of hydrogen-bond donors (Lipinski definition) is 1. The van der Waals surface area contributed by atoms with Crippen LogP contribution in [0.3, 0.4) is 0 Å². The van der Waals surface area contributed by atoms with Gasteiger partial charge in [-0.2, -0.15) is 26.3 Å². The van der Waals surface area contributed by atoms with E-state index in [0.717, 1.165) is 39.6 Å². The molecule has 0 bridgehead atoms. The van der Waals surface area contributed by atoms with E-state index in [2.05, 4.69) is 39.7 Å². The number of nitrogen functional groups attached to an aromatic ring is 1. The van der Waals surface area contributed by atoms with Crippen LogP contribution < -0.4 is 5.73 Å². The second kappa shape index (κ2) is 16.4. The molecule has 11 heteroatoms. The van der Waals surface area contributed by atoms with Gasteiger partial charge in [0.1, 0.15) is 0 Å². The Bertz CT molecular complexity index is 1390. The molecular formula is C32H34BrF6N3O. The van der Waals surface area contributed by atoms with Crippen molar-refractivity contribution in [1.82, 2.24) is 9.97 Å². The van der Waals surface area contributed by atoms with Gasteiger partial charge in [0.2, 0.25) is 0 Å². The summed E-state index contributed by atoms with van der Waals surface area (Å²) in [5, 5.41) is 0. The quantitative estimate of drug-likeness (QED) is 0.164. The van der Waals surface area contributed by atoms with Crippen LogP contribution in [0.15, 0.2) is 89.7 Å². The summed E-state index contributed by atoms with van der Waals surface area (Å²) in [4.78, 5) is 8.55. The topological polar surface area (TPSA) is 61.0 Å². The van der Waals surface area contributed by atoms with Crippen LogP contribution in [0.1, 0.15) is 73.4 Å². The Balaban J connectivity index is 0.000000255. The molecule has 0 aliphatic carbocycles. The van der Waals surface area contributed by atoms with Crippen LogP contribution in [0.5, 0.6) is 0 Å². The molecular weight excluding hydrogens is 636 g/mol. The summed E-state index contributed by atoms with van der Waals surface area (Å²) < 4.78 is 80.3. The number of aromatic nitrogens is 2. The van der Waals surface area contributed by atoms with Crippen molar-refractivity contribution >= 4 is 21.6 Å². The van der Waals surface area contributed by atoms with E-state index in [1.807, 2.05) is 44.3 Å². The maximum absolute atomic E-state index is 12.7. The first-order chi connectivity index (χ1) is 20.1. The summed E-state index contributed by atoms with van der Waals surface area (Å²) in [6.07, 6.45) is -4.77. The third-order valence-corrected chi connectivity index (χ3v) is 6.37. The zero-order valence-corrected chi connectivity index (χ0v) is 25.8. The van der Waals surface area contributed by atoms with Crippen LogP contribution in [0.2, 0.25) is 0 Å². The van der Waals surface area contributed by atoms with Crippen molar-refractivity contribution in [2.24, 2.45) is 0 Å². The molecule has 43 heavy (non-hydrogen) atoms. The average Bonchev–Trinajstić information content (AvgIpc) is 2.94. The summed E-state index contributed by atoms with van der Waals surface area (Å²) >= 11 is 3.33. The van der Waals surface area contributed by atoms with Gasteiger partial charge >= 0.3 is 12.4 Å². The monoisotopic (exact) mass is 669 g/mol. The lowest BCUT2D eigenvalue weighted by Gasteiger charge is -2.12. The van der Waals surface area contributed by atoms with E-state index in [1.54, 1.807) is 12.3 Å². The number of ether oxygens (including phenoxy) is 1. The SMILES string of the molecule is CC(C)c1ccc(Br)cn1.CCOC(C)c1ccc(Cc2cccc(C(F)(F)F)c2)cn1.Nc1cccc(C(F)(F)F)c1. The first-order valence-electron chi connectivity index (χ1n) is 13.4. The number of nitrogens with two attached hydrogens (primary N) is 1. The minimum atomic E-state index is -4.31. The van der Waals surface area contributed by atoms with E-state index >= 15 is 0 Å². The Morgan fingerprint density at radius 1 is 0.744 bits per heavy atom. The van der Waals surface area contributed by atoms with E-state index in [0.29, 0.717) is 24.5 Å². The molecule has 0 spiro atoms. The number of halogens is 7. The second-order valence-electron chi connectivity index (χ2n) is 9.74. The highest BCUT2D eigenvalue weighted by atomic mass is 79.9. The molecule has 4 aromatic rings. The van der Waals surface area contributed by atoms with E-state index in [1.165, 1.54) is 24.3 Å². The Morgan fingerprint density at radius 2 is 1.33 bits per heavy atom. The number of pyridine rings is 2. The van der Waals surface area contributed by atoms with E-state index < -0.39 is 23.5 Å². The fraction of sp³-hybridized carbons (Fsp3) is 0.312. The number of nitrogens with zero attached hydrogens (tertiary/aromatic N) is 2. The molecule has 2 aromatic heterocycles. The molecule has 0 amide bonds. The first-order valence-corrected chi connectivity index (χ1v) is 14.2. The molecule has 2 heterocycles. The van der Waals surface area contributed by atoms with Crippen LogP contribution in [0.4, 0.5) is 32.0 Å². The first kappa shape index (κ1) is 35.8. The van der Waals surface area contributed by atoms with E-state index in [4.69, 9.17) is 10.5 Å². The second-order valence-corrected chi connectivity index (χ2v) is 10.7. The Labute approximate surface area is 256 Å². The fourth-order valence-electron chi connectivity index (χ4n) is 3.65. The highest BCUT2D eigenvalue weighted by molar-refractivity contribution is 9.10. The molecule has 0 fully saturated rings. The molecule has 0 saturated carbocycles. The summed E-state index contributed by atoms with van der Waals surface area (Å²) in [6.45, 7) is 8.71. The normalized spacial score (nSPS) is 12.1.